The van der Waals surface area contributed by atoms with Crippen molar-refractivity contribution in [2.24, 2.45) is 0 Å². The van der Waals surface area contributed by atoms with Crippen molar-refractivity contribution < 1.29 is 23.0 Å². The minimum atomic E-state index is -4.69. The third-order valence-electron chi connectivity index (χ3n) is 3.70. The second-order valence-electron chi connectivity index (χ2n) is 5.29. The van der Waals surface area contributed by atoms with Gasteiger partial charge in [-0.05, 0) is 30.5 Å². The minimum absolute atomic E-state index is 0.00830. The maximum Gasteiger partial charge on any atom is 0.573 e. The minimum Gasteiger partial charge on any atom is -0.406 e. The summed E-state index contributed by atoms with van der Waals surface area (Å²) in [6.45, 7) is 3.45. The van der Waals surface area contributed by atoms with E-state index < -0.39 is 6.36 Å². The van der Waals surface area contributed by atoms with Crippen LogP contribution in [0.2, 0.25) is 0 Å². The molecule has 0 bridgehead atoms. The van der Waals surface area contributed by atoms with Crippen molar-refractivity contribution in [3.8, 4) is 5.75 Å². The molecule has 124 valence electrons. The Morgan fingerprint density at radius 3 is 2.64 bits per heavy atom. The lowest BCUT2D eigenvalue weighted by atomic mass is 9.99. The number of benzene rings is 1. The molecule has 1 aromatic carbocycles. The maximum absolute atomic E-state index is 12.4. The average molecular weight is 318 g/mol. The third-order valence-corrected chi connectivity index (χ3v) is 3.70. The fraction of sp³-hybridized carbons (Fsp3) is 0.600. The van der Waals surface area contributed by atoms with Crippen molar-refractivity contribution in [3.05, 3.63) is 29.8 Å². The summed E-state index contributed by atoms with van der Waals surface area (Å²) in [5.74, 6) is -0.200. The molecule has 0 unspecified atom stereocenters. The summed E-state index contributed by atoms with van der Waals surface area (Å²) < 4.78 is 41.1. The number of nitrogens with one attached hydrogen (secondary N) is 1. The first-order valence-electron chi connectivity index (χ1n) is 7.41. The SMILES string of the molecule is OCCC[C@H](c1cccc(OC(F)(F)F)c1)N1CCNCC1. The van der Waals surface area contributed by atoms with E-state index in [0.29, 0.717) is 12.8 Å². The highest BCUT2D eigenvalue weighted by atomic mass is 19.4. The van der Waals surface area contributed by atoms with Crippen molar-refractivity contribution in [1.29, 1.82) is 0 Å². The first kappa shape index (κ1) is 17.1. The molecule has 2 N–H and O–H groups in total. The molecular formula is C15H21F3N2O2. The number of nitrogens with zero attached hydrogens (tertiary/aromatic N) is 1. The lowest BCUT2D eigenvalue weighted by Crippen LogP contribution is -2.45. The van der Waals surface area contributed by atoms with E-state index in [1.54, 1.807) is 6.07 Å². The number of alkyl halides is 3. The summed E-state index contributed by atoms with van der Waals surface area (Å²) in [5, 5.41) is 12.3. The molecule has 1 aliphatic heterocycles. The molecule has 1 saturated heterocycles. The lowest BCUT2D eigenvalue weighted by molar-refractivity contribution is -0.274. The highest BCUT2D eigenvalue weighted by Gasteiger charge is 2.31. The molecule has 1 aliphatic rings. The normalized spacial score (nSPS) is 18.2. The number of hydrogen-bond acceptors (Lipinski definition) is 4. The van der Waals surface area contributed by atoms with Gasteiger partial charge < -0.3 is 15.2 Å². The van der Waals surface area contributed by atoms with Gasteiger partial charge in [0.05, 0.1) is 0 Å². The number of halogens is 3. The average Bonchev–Trinajstić information content (AvgIpc) is 2.47. The van der Waals surface area contributed by atoms with Crippen LogP contribution in [0.15, 0.2) is 24.3 Å². The van der Waals surface area contributed by atoms with Crippen LogP contribution < -0.4 is 10.1 Å². The van der Waals surface area contributed by atoms with Crippen LogP contribution in [0, 0.1) is 0 Å². The standard InChI is InChI=1S/C15H21F3N2O2/c16-15(17,18)22-13-4-1-3-12(11-13)14(5-2-10-21)20-8-6-19-7-9-20/h1,3-4,11,14,19,21H,2,5-10H2/t14-/m1/s1. The summed E-state index contributed by atoms with van der Waals surface area (Å²) >= 11 is 0. The maximum atomic E-state index is 12.4. The topological polar surface area (TPSA) is 44.7 Å². The van der Waals surface area contributed by atoms with Gasteiger partial charge in [-0.1, -0.05) is 12.1 Å². The Kier molecular flexibility index (Phi) is 6.05. The summed E-state index contributed by atoms with van der Waals surface area (Å²) in [6, 6.07) is 6.12. The van der Waals surface area contributed by atoms with Gasteiger partial charge in [0.1, 0.15) is 5.75 Å². The first-order chi connectivity index (χ1) is 10.5. The van der Waals surface area contributed by atoms with Crippen LogP contribution >= 0.6 is 0 Å². The number of rotatable bonds is 6. The Bertz CT molecular complexity index is 462. The third kappa shape index (κ3) is 5.15. The molecule has 7 heteroatoms. The zero-order valence-electron chi connectivity index (χ0n) is 12.3. The van der Waals surface area contributed by atoms with Crippen molar-refractivity contribution in [2.75, 3.05) is 32.8 Å². The van der Waals surface area contributed by atoms with E-state index in [9.17, 15) is 13.2 Å². The van der Waals surface area contributed by atoms with Gasteiger partial charge in [-0.25, -0.2) is 0 Å². The van der Waals surface area contributed by atoms with E-state index in [1.165, 1.54) is 12.1 Å². The zero-order valence-corrected chi connectivity index (χ0v) is 12.3. The first-order valence-corrected chi connectivity index (χ1v) is 7.41. The van der Waals surface area contributed by atoms with Gasteiger partial charge in [-0.2, -0.15) is 0 Å². The van der Waals surface area contributed by atoms with Crippen LogP contribution in [0.3, 0.4) is 0 Å². The summed E-state index contributed by atoms with van der Waals surface area (Å²) in [4.78, 5) is 2.23. The number of ether oxygens (including phenoxy) is 1. The number of aliphatic hydroxyl groups excluding tert-OH is 1. The molecule has 22 heavy (non-hydrogen) atoms. The number of hydrogen-bond donors (Lipinski definition) is 2. The summed E-state index contributed by atoms with van der Waals surface area (Å²) in [6.07, 6.45) is -3.38. The predicted molar refractivity (Wildman–Crippen MR) is 76.6 cm³/mol. The molecule has 0 aliphatic carbocycles. The Balaban J connectivity index is 2.16. The molecule has 1 atom stereocenters. The number of piperazine rings is 1. The van der Waals surface area contributed by atoms with E-state index in [4.69, 9.17) is 5.11 Å². The van der Waals surface area contributed by atoms with Crippen LogP contribution in [0.1, 0.15) is 24.4 Å². The highest BCUT2D eigenvalue weighted by molar-refractivity contribution is 5.31. The van der Waals surface area contributed by atoms with Crippen LogP contribution in [0.4, 0.5) is 13.2 Å². The van der Waals surface area contributed by atoms with Gasteiger partial charge in [-0.3, -0.25) is 4.90 Å². The van der Waals surface area contributed by atoms with Crippen LogP contribution in [0.5, 0.6) is 5.75 Å². The van der Waals surface area contributed by atoms with Gasteiger partial charge >= 0.3 is 6.36 Å². The Morgan fingerprint density at radius 1 is 1.27 bits per heavy atom. The van der Waals surface area contributed by atoms with E-state index in [2.05, 4.69) is 15.0 Å². The fourth-order valence-electron chi connectivity index (χ4n) is 2.76. The molecular weight excluding hydrogens is 297 g/mol. The van der Waals surface area contributed by atoms with Gasteiger partial charge in [0, 0.05) is 38.8 Å². The van der Waals surface area contributed by atoms with Crippen LogP contribution in [-0.4, -0.2) is 49.2 Å². The van der Waals surface area contributed by atoms with Gasteiger partial charge in [0.15, 0.2) is 0 Å². The van der Waals surface area contributed by atoms with Crippen LogP contribution in [0.25, 0.3) is 0 Å². The van der Waals surface area contributed by atoms with Crippen molar-refractivity contribution in [2.45, 2.75) is 25.2 Å². The largest absolute Gasteiger partial charge is 0.573 e. The Hall–Kier alpha value is -1.31. The molecule has 0 aromatic heterocycles. The quantitative estimate of drug-likeness (QED) is 0.845. The Labute approximate surface area is 127 Å². The highest BCUT2D eigenvalue weighted by Crippen LogP contribution is 2.30. The summed E-state index contributed by atoms with van der Waals surface area (Å²) in [5.41, 5.74) is 0.789. The number of aliphatic hydroxyl groups is 1. The van der Waals surface area contributed by atoms with Gasteiger partial charge in [0.25, 0.3) is 0 Å². The van der Waals surface area contributed by atoms with Crippen molar-refractivity contribution in [3.63, 3.8) is 0 Å². The van der Waals surface area contributed by atoms with E-state index in [0.717, 1.165) is 31.7 Å². The molecule has 1 fully saturated rings. The van der Waals surface area contributed by atoms with E-state index >= 15 is 0 Å². The lowest BCUT2D eigenvalue weighted by Gasteiger charge is -2.35. The molecule has 0 radical (unpaired) electrons. The molecule has 2 rings (SSSR count). The molecule has 0 saturated carbocycles. The van der Waals surface area contributed by atoms with E-state index in [-0.39, 0.29) is 18.4 Å². The molecule has 1 aromatic rings. The van der Waals surface area contributed by atoms with Crippen molar-refractivity contribution >= 4 is 0 Å². The molecule has 0 amide bonds. The molecule has 1 heterocycles. The Morgan fingerprint density at radius 2 is 2.00 bits per heavy atom. The monoisotopic (exact) mass is 318 g/mol. The second-order valence-corrected chi connectivity index (χ2v) is 5.29. The second kappa shape index (κ2) is 7.80. The molecule has 4 nitrogen and oxygen atoms in total. The molecule has 0 spiro atoms. The van der Waals surface area contributed by atoms with Crippen molar-refractivity contribution in [1.82, 2.24) is 10.2 Å². The van der Waals surface area contributed by atoms with E-state index in [1.807, 2.05) is 6.07 Å². The fourth-order valence-corrected chi connectivity index (χ4v) is 2.76. The van der Waals surface area contributed by atoms with Crippen LogP contribution in [-0.2, 0) is 0 Å². The predicted octanol–water partition coefficient (Wildman–Crippen LogP) is 2.30. The van der Waals surface area contributed by atoms with Gasteiger partial charge in [-0.15, -0.1) is 13.2 Å². The van der Waals surface area contributed by atoms with Gasteiger partial charge in [0.2, 0.25) is 0 Å². The summed E-state index contributed by atoms with van der Waals surface area (Å²) in [7, 11) is 0. The zero-order chi connectivity index (χ0) is 16.0. The smallest absolute Gasteiger partial charge is 0.406 e.